The lowest BCUT2D eigenvalue weighted by Crippen LogP contribution is -2.19. The van der Waals surface area contributed by atoms with Crippen molar-refractivity contribution in [1.29, 1.82) is 0 Å². The Kier molecular flexibility index (Phi) is 8.96. The van der Waals surface area contributed by atoms with E-state index in [0.29, 0.717) is 19.5 Å². The number of halogens is 3. The molecule has 0 amide bonds. The molecule has 0 saturated heterocycles. The number of unbranched alkanes of at least 4 members (excludes halogenated alkanes) is 2. The molecule has 0 radical (unpaired) electrons. The van der Waals surface area contributed by atoms with Gasteiger partial charge in [-0.15, -0.1) is 0 Å². The molecule has 0 spiro atoms. The first kappa shape index (κ1) is 21.5. The van der Waals surface area contributed by atoms with E-state index in [1.54, 1.807) is 0 Å². The summed E-state index contributed by atoms with van der Waals surface area (Å²) in [6.45, 7) is 6.45. The van der Waals surface area contributed by atoms with Crippen LogP contribution in [0, 0.1) is 12.8 Å². The highest BCUT2D eigenvalue weighted by atomic mass is 19.4. The van der Waals surface area contributed by atoms with Crippen molar-refractivity contribution in [2.75, 3.05) is 30.3 Å². The Labute approximate surface area is 147 Å². The first-order chi connectivity index (χ1) is 11.8. The Balaban J connectivity index is 2.89. The van der Waals surface area contributed by atoms with Gasteiger partial charge in [0.2, 0.25) is 5.95 Å². The lowest BCUT2D eigenvalue weighted by atomic mass is 10.0. The Morgan fingerprint density at radius 3 is 2.36 bits per heavy atom. The molecule has 0 saturated carbocycles. The number of aliphatic hydroxyl groups excluding tert-OH is 1. The summed E-state index contributed by atoms with van der Waals surface area (Å²) in [5.74, 6) is 0.308. The summed E-state index contributed by atoms with van der Waals surface area (Å²) in [6.07, 6.45) is -0.168. The molecular formula is C17H29F3N4O. The number of anilines is 2. The summed E-state index contributed by atoms with van der Waals surface area (Å²) in [5, 5.41) is 15.0. The highest BCUT2D eigenvalue weighted by molar-refractivity contribution is 5.50. The number of aliphatic hydroxyl groups is 1. The number of nitrogens with zero attached hydrogens (tertiary/aromatic N) is 2. The van der Waals surface area contributed by atoms with E-state index in [2.05, 4.69) is 27.5 Å². The van der Waals surface area contributed by atoms with Gasteiger partial charge in [0.25, 0.3) is 0 Å². The normalized spacial score (nSPS) is 12.9. The van der Waals surface area contributed by atoms with Crippen molar-refractivity contribution in [2.45, 2.75) is 59.1 Å². The van der Waals surface area contributed by atoms with Gasteiger partial charge in [0.15, 0.2) is 5.69 Å². The maximum absolute atomic E-state index is 13.2. The molecule has 0 aromatic carbocycles. The lowest BCUT2D eigenvalue weighted by Gasteiger charge is -2.17. The van der Waals surface area contributed by atoms with Crippen molar-refractivity contribution in [3.8, 4) is 0 Å². The summed E-state index contributed by atoms with van der Waals surface area (Å²) in [5.41, 5.74) is -0.930. The van der Waals surface area contributed by atoms with E-state index in [-0.39, 0.29) is 29.9 Å². The topological polar surface area (TPSA) is 70.1 Å². The number of rotatable bonds is 11. The summed E-state index contributed by atoms with van der Waals surface area (Å²) in [4.78, 5) is 7.85. The third kappa shape index (κ3) is 7.05. The molecule has 1 atom stereocenters. The van der Waals surface area contributed by atoms with Gasteiger partial charge in [-0.2, -0.15) is 18.2 Å². The molecule has 1 heterocycles. The highest BCUT2D eigenvalue weighted by Crippen LogP contribution is 2.33. The summed E-state index contributed by atoms with van der Waals surface area (Å²) in [7, 11) is 0. The minimum absolute atomic E-state index is 0.00859. The summed E-state index contributed by atoms with van der Waals surface area (Å²) >= 11 is 0. The molecule has 0 fully saturated rings. The fourth-order valence-electron chi connectivity index (χ4n) is 2.44. The minimum Gasteiger partial charge on any atom is -0.396 e. The van der Waals surface area contributed by atoms with Crippen LogP contribution >= 0.6 is 0 Å². The van der Waals surface area contributed by atoms with E-state index in [1.165, 1.54) is 6.92 Å². The Bertz CT molecular complexity index is 519. The fraction of sp³-hybridized carbons (Fsp3) is 0.765. The zero-order valence-corrected chi connectivity index (χ0v) is 15.2. The van der Waals surface area contributed by atoms with Gasteiger partial charge < -0.3 is 15.7 Å². The third-order valence-corrected chi connectivity index (χ3v) is 4.16. The quantitative estimate of drug-likeness (QED) is 0.514. The van der Waals surface area contributed by atoms with E-state index in [4.69, 9.17) is 0 Å². The zero-order chi connectivity index (χ0) is 18.9. The van der Waals surface area contributed by atoms with Crippen LogP contribution in [-0.2, 0) is 6.18 Å². The maximum atomic E-state index is 13.2. The molecule has 1 aromatic heterocycles. The van der Waals surface area contributed by atoms with Crippen LogP contribution in [0.25, 0.3) is 0 Å². The van der Waals surface area contributed by atoms with E-state index >= 15 is 0 Å². The van der Waals surface area contributed by atoms with Gasteiger partial charge in [0.05, 0.1) is 0 Å². The molecule has 0 bridgehead atoms. The van der Waals surface area contributed by atoms with Crippen LogP contribution in [0.15, 0.2) is 0 Å². The number of hydrogen-bond acceptors (Lipinski definition) is 5. The smallest absolute Gasteiger partial charge is 0.396 e. The molecule has 0 aliphatic heterocycles. The SMILES string of the molecule is CCCCCNc1nc(NCCC(CC)CO)c(C)c(C(F)(F)F)n1. The zero-order valence-electron chi connectivity index (χ0n) is 15.2. The molecule has 25 heavy (non-hydrogen) atoms. The standard InChI is InChI=1S/C17H29F3N4O/c1-4-6-7-9-22-16-23-14(17(18,19)20)12(3)15(24-16)21-10-8-13(5-2)11-25/h13,25H,4-11H2,1-3H3,(H2,21,22,23,24). The third-order valence-electron chi connectivity index (χ3n) is 4.16. The monoisotopic (exact) mass is 362 g/mol. The highest BCUT2D eigenvalue weighted by Gasteiger charge is 2.36. The van der Waals surface area contributed by atoms with Crippen LogP contribution in [-0.4, -0.2) is 34.8 Å². The molecule has 8 heteroatoms. The molecule has 5 nitrogen and oxygen atoms in total. The fourth-order valence-corrected chi connectivity index (χ4v) is 2.44. The van der Waals surface area contributed by atoms with Crippen LogP contribution in [0.3, 0.4) is 0 Å². The van der Waals surface area contributed by atoms with Gasteiger partial charge >= 0.3 is 6.18 Å². The number of hydrogen-bond donors (Lipinski definition) is 3. The largest absolute Gasteiger partial charge is 0.433 e. The van der Waals surface area contributed by atoms with Gasteiger partial charge in [-0.1, -0.05) is 33.1 Å². The van der Waals surface area contributed by atoms with Gasteiger partial charge in [0.1, 0.15) is 5.82 Å². The van der Waals surface area contributed by atoms with E-state index in [1.807, 2.05) is 6.92 Å². The van der Waals surface area contributed by atoms with Crippen molar-refractivity contribution < 1.29 is 18.3 Å². The van der Waals surface area contributed by atoms with Crippen LogP contribution < -0.4 is 10.6 Å². The molecule has 144 valence electrons. The predicted molar refractivity (Wildman–Crippen MR) is 93.8 cm³/mol. The maximum Gasteiger partial charge on any atom is 0.433 e. The Morgan fingerprint density at radius 2 is 1.80 bits per heavy atom. The van der Waals surface area contributed by atoms with Crippen LogP contribution in [0.2, 0.25) is 0 Å². The molecular weight excluding hydrogens is 333 g/mol. The average Bonchev–Trinajstić information content (AvgIpc) is 2.56. The average molecular weight is 362 g/mol. The van der Waals surface area contributed by atoms with Gasteiger partial charge in [-0.3, -0.25) is 0 Å². The lowest BCUT2D eigenvalue weighted by molar-refractivity contribution is -0.141. The Morgan fingerprint density at radius 1 is 1.08 bits per heavy atom. The second kappa shape index (κ2) is 10.4. The molecule has 1 rings (SSSR count). The second-order valence-electron chi connectivity index (χ2n) is 6.17. The van der Waals surface area contributed by atoms with Crippen LogP contribution in [0.1, 0.15) is 57.2 Å². The van der Waals surface area contributed by atoms with E-state index < -0.39 is 11.9 Å². The Hall–Kier alpha value is -1.57. The van der Waals surface area contributed by atoms with Crippen LogP contribution in [0.4, 0.5) is 24.9 Å². The van der Waals surface area contributed by atoms with Crippen LogP contribution in [0.5, 0.6) is 0 Å². The number of alkyl halides is 3. The van der Waals surface area contributed by atoms with Gasteiger partial charge in [-0.05, 0) is 25.7 Å². The van der Waals surface area contributed by atoms with Crippen molar-refractivity contribution in [2.24, 2.45) is 5.92 Å². The van der Waals surface area contributed by atoms with Crippen molar-refractivity contribution in [3.63, 3.8) is 0 Å². The predicted octanol–water partition coefficient (Wildman–Crippen LogP) is 4.23. The first-order valence-corrected chi connectivity index (χ1v) is 8.87. The summed E-state index contributed by atoms with van der Waals surface area (Å²) < 4.78 is 39.7. The first-order valence-electron chi connectivity index (χ1n) is 8.87. The van der Waals surface area contributed by atoms with Gasteiger partial charge in [-0.25, -0.2) is 4.98 Å². The van der Waals surface area contributed by atoms with Crippen molar-refractivity contribution >= 4 is 11.8 Å². The number of aromatic nitrogens is 2. The molecule has 0 aliphatic carbocycles. The molecule has 3 N–H and O–H groups in total. The van der Waals surface area contributed by atoms with Crippen molar-refractivity contribution in [3.05, 3.63) is 11.3 Å². The van der Waals surface area contributed by atoms with E-state index in [0.717, 1.165) is 25.7 Å². The molecule has 0 aliphatic rings. The minimum atomic E-state index is -4.53. The second-order valence-corrected chi connectivity index (χ2v) is 6.17. The van der Waals surface area contributed by atoms with E-state index in [9.17, 15) is 18.3 Å². The molecule has 1 aromatic rings. The summed E-state index contributed by atoms with van der Waals surface area (Å²) in [6, 6.07) is 0. The van der Waals surface area contributed by atoms with Crippen molar-refractivity contribution in [1.82, 2.24) is 9.97 Å². The van der Waals surface area contributed by atoms with Gasteiger partial charge in [0, 0.05) is 25.3 Å². The molecule has 1 unspecified atom stereocenters. The number of nitrogens with one attached hydrogen (secondary N) is 2.